The number of H-pyrrole nitrogens is 3. The van der Waals surface area contributed by atoms with Crippen LogP contribution in [-0.4, -0.2) is 291 Å². The molecule has 0 aromatic carbocycles. The van der Waals surface area contributed by atoms with Gasteiger partial charge in [0.15, 0.2) is 149 Å². The van der Waals surface area contributed by atoms with Crippen molar-refractivity contribution >= 4 is 171 Å². The molecule has 0 saturated carbocycles. The molecule has 9 aliphatic rings. The van der Waals surface area contributed by atoms with Crippen molar-refractivity contribution in [3.63, 3.8) is 0 Å². The molecule has 21 heterocycles. The summed E-state index contributed by atoms with van der Waals surface area (Å²) in [5, 5.41) is 0. The Morgan fingerprint density at radius 2 is 0.687 bits per heavy atom. The average Bonchev–Trinajstić information content (AvgIpc) is 1.62. The summed E-state index contributed by atoms with van der Waals surface area (Å²) in [5.41, 5.74) is 15.9. The number of alkyl halides is 6. The zero-order chi connectivity index (χ0) is 92.9. The molecule has 708 valence electrons. The molecule has 3 unspecified atom stereocenters. The SMILES string of the molecule is Nc1ncnc2c1ncn2[C@@H]1O[C@@H]2COP(=O)([S-])O[C@H]3[C@@H](F)[C@H](n4cnc5c(=O)[nH]cnc54)O[C@@H]3CCS(=O)(=O)O[C@H]2[C@H]1F.Nc1ncnc2c1ncn2[C@@H]1O[C@@H]2COP([O-])(=S)O[C@H]3[C@@H](F)[C@H](n4cnc5c(=O)[nH]cnc54)O[C@@H]3CCS(=O)(=O)O[C@H]2[C@H]1F.Nc1ncnc2c1ncn2[C@@H]1O[C@@H]2COP([O-])(=S)O[C@H]3[C@@H](F)[C@H](n4cnc5c(=O)[nH]cnc54)O[C@@H]3COS(=O)(=O)N[C@H]2[C@H]1F.[Na+].[Na+]. The van der Waals surface area contributed by atoms with Crippen LogP contribution in [0.1, 0.15) is 50.2 Å². The first-order valence-corrected chi connectivity index (χ1v) is 50.7. The molecule has 0 spiro atoms. The molecule has 55 nitrogen and oxygen atoms in total. The van der Waals surface area contributed by atoms with E-state index < -0.39 is 266 Å². The summed E-state index contributed by atoms with van der Waals surface area (Å²) in [7, 11) is -13.8. The number of ether oxygens (including phenoxy) is 6. The van der Waals surface area contributed by atoms with Gasteiger partial charge in [-0.25, -0.2) is 101 Å². The van der Waals surface area contributed by atoms with Crippen molar-refractivity contribution in [2.45, 2.75) is 160 Å². The Kier molecular flexibility index (Phi) is 27.9. The van der Waals surface area contributed by atoms with Gasteiger partial charge in [-0.15, -0.1) is 0 Å². The van der Waals surface area contributed by atoms with Gasteiger partial charge in [0.25, 0.3) is 36.9 Å². The maximum atomic E-state index is 15.9. The monoisotopic (exact) mass is 2080 g/mol. The minimum absolute atomic E-state index is 0. The minimum Gasteiger partial charge on any atom is -0.780 e. The van der Waals surface area contributed by atoms with Gasteiger partial charge in [0.05, 0.1) is 113 Å². The van der Waals surface area contributed by atoms with E-state index in [0.717, 1.165) is 70.6 Å². The van der Waals surface area contributed by atoms with Crippen molar-refractivity contribution in [1.82, 2.24) is 122 Å². The number of hydrogen-bond acceptors (Lipinski definition) is 48. The first kappa shape index (κ1) is 98.3. The van der Waals surface area contributed by atoms with E-state index >= 15 is 26.3 Å². The average molecular weight is 2080 g/mol. The Morgan fingerprint density at radius 3 is 1.06 bits per heavy atom. The number of aromatic nitrogens is 24. The number of imidazole rings is 6. The summed E-state index contributed by atoms with van der Waals surface area (Å²) in [6.07, 6.45) is -26.5. The van der Waals surface area contributed by atoms with E-state index in [1.54, 1.807) is 0 Å². The molecule has 9 fully saturated rings. The van der Waals surface area contributed by atoms with E-state index in [2.05, 4.69) is 94.4 Å². The molecule has 9 saturated heterocycles. The number of halogens is 6. The first-order chi connectivity index (χ1) is 62.8. The quantitative estimate of drug-likeness (QED) is 0.0267. The molecule has 0 aliphatic carbocycles. The number of nitrogens with one attached hydrogen (secondary N) is 4. The van der Waals surface area contributed by atoms with Crippen molar-refractivity contribution in [2.24, 2.45) is 0 Å². The van der Waals surface area contributed by atoms with Crippen LogP contribution in [0.2, 0.25) is 0 Å². The van der Waals surface area contributed by atoms with Crippen LogP contribution in [0.5, 0.6) is 0 Å². The number of aromatic amines is 3. The van der Waals surface area contributed by atoms with Crippen molar-refractivity contribution < 1.29 is 193 Å². The molecule has 72 heteroatoms. The molecular weight excluding hydrogens is 2010 g/mol. The molecule has 0 radical (unpaired) electrons. The minimum atomic E-state index is -4.76. The van der Waals surface area contributed by atoms with E-state index in [4.69, 9.17) is 121 Å². The van der Waals surface area contributed by atoms with E-state index in [-0.39, 0.29) is 144 Å². The van der Waals surface area contributed by atoms with Crippen LogP contribution in [-0.2, 0) is 139 Å². The van der Waals surface area contributed by atoms with Crippen LogP contribution in [0.3, 0.4) is 0 Å². The van der Waals surface area contributed by atoms with E-state index in [1.807, 2.05) is 0 Å². The summed E-state index contributed by atoms with van der Waals surface area (Å²) in [4.78, 5) is 129. The van der Waals surface area contributed by atoms with Crippen LogP contribution in [0, 0.1) is 0 Å². The second-order valence-corrected chi connectivity index (χ2v) is 42.9. The molecule has 21 rings (SSSR count). The number of nitrogens with zero attached hydrogens (tertiary/aromatic N) is 21. The van der Waals surface area contributed by atoms with Crippen molar-refractivity contribution in [1.29, 1.82) is 0 Å². The maximum absolute atomic E-state index is 15.9. The fourth-order valence-electron chi connectivity index (χ4n) is 16.0. The number of nitrogens with two attached hydrogens (primary N) is 3. The third-order valence-corrected chi connectivity index (χ3v) is 30.1. The van der Waals surface area contributed by atoms with Gasteiger partial charge in [-0.2, -0.15) is 30.0 Å². The Hall–Kier alpha value is -7.31. The van der Waals surface area contributed by atoms with Crippen molar-refractivity contribution in [2.75, 3.05) is 55.1 Å². The zero-order valence-electron chi connectivity index (χ0n) is 67.6. The second kappa shape index (κ2) is 38.0. The maximum Gasteiger partial charge on any atom is 1.00 e. The molecule has 134 heavy (non-hydrogen) atoms. The van der Waals surface area contributed by atoms with Gasteiger partial charge < -0.3 is 110 Å². The normalized spacial score (nSPS) is 35.5. The standard InChI is InChI=1S/2C21H22F2N9O9PS2.C20H21F2N10O9PS2.2Na/c2*22-10-14-8(38-20(10)32-7-30-13-18(32)27-5-28-19(13)33)1-2-44(35,36)41-15-9(3-37-42(34,43)40-14)39-21(11(15)23)31-6-29-12-16(24)25-4-26-17(12)31;21-9-11-7(39-19(9)31-5-28-12-15(23)24-3-25-16(12)31)1-37-42(34,43)41-14-8(2-38-44(35,36)30-11)40-20(10(14)22)32-6-29-13-17(32)26-4-27-18(13)33;;/h2*4-11,14-15,20-21H,1-3H2,(H,34,43)(H2,24,25,26)(H,27,28,33);3-11,14,19-20,30H,1-2H2,(H,34,43)(H2,23,24,25)(H,26,27,33);;/q;;;2*+1/p-3/t2*8-,9-,10-,11-,14-,15-,20-,21-,42?;7-,8-,9-,10-,11-,14-,19-,20-,42?;;/m111../s1. The second-order valence-electron chi connectivity index (χ2n) is 30.0. The van der Waals surface area contributed by atoms with E-state index in [9.17, 15) is 54.0 Å². The van der Waals surface area contributed by atoms with Gasteiger partial charge in [-0.1, -0.05) is 23.6 Å². The molecule has 0 bridgehead atoms. The Morgan fingerprint density at radius 1 is 0.396 bits per heavy atom. The zero-order valence-corrected chi connectivity index (χ0v) is 79.2. The molecule has 12 aromatic heterocycles. The van der Waals surface area contributed by atoms with Gasteiger partial charge in [0, 0.05) is 0 Å². The van der Waals surface area contributed by atoms with Crippen LogP contribution in [0.25, 0.3) is 67.0 Å². The van der Waals surface area contributed by atoms with Crippen LogP contribution in [0.4, 0.5) is 43.8 Å². The Bertz CT molecular complexity index is 6560. The molecular formula is C62H62F6N28Na2O27P3S6-. The van der Waals surface area contributed by atoms with Gasteiger partial charge in [-0.05, 0) is 12.8 Å². The Balaban J connectivity index is 0.000000139. The number of nitrogen functional groups attached to an aromatic ring is 3. The molecule has 9 aliphatic heterocycles. The molecule has 12 aromatic rings. The predicted molar refractivity (Wildman–Crippen MR) is 431 cm³/mol. The number of fused-ring (bicyclic) bond motifs is 12. The first-order valence-electron chi connectivity index (χ1n) is 38.4. The summed E-state index contributed by atoms with van der Waals surface area (Å²) in [5.74, 6) is -1.50. The summed E-state index contributed by atoms with van der Waals surface area (Å²) in [6.45, 7) is -16.7. The van der Waals surface area contributed by atoms with Gasteiger partial charge in [0.1, 0.15) is 104 Å². The summed E-state index contributed by atoms with van der Waals surface area (Å²) in [6, 6.07) is -1.65. The largest absolute Gasteiger partial charge is 1.00 e. The van der Waals surface area contributed by atoms with Crippen LogP contribution < -0.4 is 108 Å². The van der Waals surface area contributed by atoms with E-state index in [0.29, 0.717) is 0 Å². The van der Waals surface area contributed by atoms with E-state index in [1.165, 1.54) is 32.7 Å². The smallest absolute Gasteiger partial charge is 0.780 e. The number of hydrogen-bond donors (Lipinski definition) is 7. The molecule has 10 N–H and O–H groups in total. The summed E-state index contributed by atoms with van der Waals surface area (Å²) < 4.78 is 278. The number of anilines is 3. The van der Waals surface area contributed by atoms with Gasteiger partial charge in [-0.3, -0.25) is 58.9 Å². The van der Waals surface area contributed by atoms with Crippen molar-refractivity contribution in [3.05, 3.63) is 107 Å². The Labute approximate surface area is 802 Å². The van der Waals surface area contributed by atoms with Crippen LogP contribution >= 0.6 is 20.2 Å². The third kappa shape index (κ3) is 19.0. The number of rotatable bonds is 6. The molecule has 0 amide bonds. The van der Waals surface area contributed by atoms with Gasteiger partial charge >= 0.3 is 69.4 Å². The van der Waals surface area contributed by atoms with Gasteiger partial charge in [0.2, 0.25) is 0 Å². The van der Waals surface area contributed by atoms with Crippen molar-refractivity contribution in [3.8, 4) is 0 Å². The van der Waals surface area contributed by atoms with Crippen LogP contribution in [0.15, 0.2) is 90.3 Å². The third-order valence-electron chi connectivity index (χ3n) is 22.0. The topological polar surface area (TPSA) is 716 Å². The fourth-order valence-corrected chi connectivity index (χ4v) is 23.6. The molecule has 27 atom stereocenters. The fraction of sp³-hybridized carbons (Fsp3) is 0.516. The predicted octanol–water partition coefficient (Wildman–Crippen LogP) is -8.45. The summed E-state index contributed by atoms with van der Waals surface area (Å²) >= 11 is 15.0.